The van der Waals surface area contributed by atoms with E-state index >= 15 is 0 Å². The second-order valence-electron chi connectivity index (χ2n) is 12.0. The molecule has 0 aromatic heterocycles. The van der Waals surface area contributed by atoms with Crippen LogP contribution in [0, 0.1) is 18.8 Å². The van der Waals surface area contributed by atoms with Crippen LogP contribution in [-0.2, 0) is 30.1 Å². The number of nitrogens with zero attached hydrogens (tertiary/aromatic N) is 1. The maximum Gasteiger partial charge on any atom is 0.573 e. The van der Waals surface area contributed by atoms with Gasteiger partial charge in [-0.25, -0.2) is 0 Å². The topological polar surface area (TPSA) is 61.8 Å². The highest BCUT2D eigenvalue weighted by molar-refractivity contribution is 5.70. The molecule has 0 spiro atoms. The average Bonchev–Trinajstić information content (AvgIpc) is 2.98. The van der Waals surface area contributed by atoms with E-state index in [0.29, 0.717) is 79.0 Å². The van der Waals surface area contributed by atoms with E-state index in [2.05, 4.69) is 10.1 Å². The highest BCUT2D eigenvalue weighted by atomic mass is 19.4. The number of carboxylic acids is 1. The highest BCUT2D eigenvalue weighted by Crippen LogP contribution is 2.38. The van der Waals surface area contributed by atoms with E-state index in [4.69, 9.17) is 0 Å². The van der Waals surface area contributed by atoms with Crippen molar-refractivity contribution in [1.29, 1.82) is 0 Å². The predicted molar refractivity (Wildman–Crippen MR) is 162 cm³/mol. The normalized spacial score (nSPS) is 17.2. The molecule has 5 nitrogen and oxygen atoms in total. The lowest BCUT2D eigenvalue weighted by molar-refractivity contribution is -0.274. The van der Waals surface area contributed by atoms with Crippen molar-refractivity contribution in [1.82, 2.24) is 0 Å². The molecular formula is C34H35F9N2O3. The van der Waals surface area contributed by atoms with Crippen LogP contribution in [0.5, 0.6) is 5.75 Å². The van der Waals surface area contributed by atoms with Crippen LogP contribution in [0.1, 0.15) is 66.0 Å². The molecule has 1 saturated carbocycles. The fraction of sp³-hybridized carbons (Fsp3) is 0.441. The van der Waals surface area contributed by atoms with E-state index in [1.807, 2.05) is 11.8 Å². The van der Waals surface area contributed by atoms with Crippen molar-refractivity contribution >= 4 is 17.3 Å². The molecule has 0 unspecified atom stereocenters. The number of hydrogen-bond donors (Lipinski definition) is 2. The van der Waals surface area contributed by atoms with Gasteiger partial charge in [0.1, 0.15) is 5.75 Å². The Bertz CT molecular complexity index is 1550. The molecule has 2 N–H and O–H groups in total. The Morgan fingerprint density at radius 1 is 0.854 bits per heavy atom. The number of hydrogen-bond acceptors (Lipinski definition) is 4. The van der Waals surface area contributed by atoms with Gasteiger partial charge in [-0.15, -0.1) is 13.2 Å². The SMILES string of the molecule is CCN(CC1CCC(C(=O)O)CC1)c1ccc(OC(F)(F)F)cc1CNc1ccc(C)cc1Cc1cc(C(F)(F)F)cc(C(F)(F)F)c1. The number of carbonyl (C=O) groups is 1. The summed E-state index contributed by atoms with van der Waals surface area (Å²) in [6.45, 7) is 4.54. The zero-order chi connectivity index (χ0) is 35.4. The monoisotopic (exact) mass is 690 g/mol. The molecule has 1 fully saturated rings. The second-order valence-corrected chi connectivity index (χ2v) is 12.0. The first kappa shape index (κ1) is 36.7. The number of alkyl halides is 9. The van der Waals surface area contributed by atoms with Crippen LogP contribution in [0.25, 0.3) is 0 Å². The lowest BCUT2D eigenvalue weighted by atomic mass is 9.81. The molecule has 3 aromatic rings. The minimum Gasteiger partial charge on any atom is -0.481 e. The van der Waals surface area contributed by atoms with Crippen molar-refractivity contribution in [3.63, 3.8) is 0 Å². The quantitative estimate of drug-likeness (QED) is 0.196. The number of aryl methyl sites for hydroxylation is 1. The van der Waals surface area contributed by atoms with Crippen molar-refractivity contribution in [2.75, 3.05) is 23.3 Å². The van der Waals surface area contributed by atoms with E-state index in [9.17, 15) is 49.4 Å². The first-order chi connectivity index (χ1) is 22.3. The molecule has 0 saturated heterocycles. The average molecular weight is 691 g/mol. The maximum atomic E-state index is 13.5. The smallest absolute Gasteiger partial charge is 0.481 e. The first-order valence-electron chi connectivity index (χ1n) is 15.3. The number of ether oxygens (including phenoxy) is 1. The number of nitrogens with one attached hydrogen (secondary N) is 1. The summed E-state index contributed by atoms with van der Waals surface area (Å²) in [6.07, 6.45) is -12.9. The van der Waals surface area contributed by atoms with Gasteiger partial charge in [-0.05, 0) is 111 Å². The third-order valence-electron chi connectivity index (χ3n) is 8.45. The summed E-state index contributed by atoms with van der Waals surface area (Å²) in [4.78, 5) is 13.4. The molecule has 1 aliphatic rings. The van der Waals surface area contributed by atoms with E-state index in [0.717, 1.165) is 0 Å². The molecule has 3 aromatic carbocycles. The Morgan fingerprint density at radius 3 is 2.02 bits per heavy atom. The minimum atomic E-state index is -5.01. The van der Waals surface area contributed by atoms with Crippen molar-refractivity contribution in [2.45, 2.75) is 71.2 Å². The number of anilines is 2. The number of benzene rings is 3. The largest absolute Gasteiger partial charge is 0.573 e. The summed E-state index contributed by atoms with van der Waals surface area (Å²) in [7, 11) is 0. The Kier molecular flexibility index (Phi) is 11.1. The van der Waals surface area contributed by atoms with Gasteiger partial charge >= 0.3 is 24.7 Å². The Morgan fingerprint density at radius 2 is 1.48 bits per heavy atom. The van der Waals surface area contributed by atoms with Crippen molar-refractivity contribution in [2.24, 2.45) is 11.8 Å². The Labute approximate surface area is 271 Å². The summed E-state index contributed by atoms with van der Waals surface area (Å²) in [5, 5.41) is 12.5. The maximum absolute atomic E-state index is 13.5. The molecule has 0 bridgehead atoms. The van der Waals surface area contributed by atoms with Gasteiger partial charge in [-0.1, -0.05) is 17.7 Å². The molecule has 0 aliphatic heterocycles. The summed E-state index contributed by atoms with van der Waals surface area (Å²) in [6, 6.07) is 10.2. The van der Waals surface area contributed by atoms with Crippen molar-refractivity contribution in [3.8, 4) is 5.75 Å². The zero-order valence-corrected chi connectivity index (χ0v) is 26.1. The van der Waals surface area contributed by atoms with E-state index in [-0.39, 0.29) is 30.5 Å². The summed E-state index contributed by atoms with van der Waals surface area (Å²) < 4.78 is 125. The number of aliphatic carboxylic acids is 1. The Balaban J connectivity index is 1.64. The molecule has 262 valence electrons. The summed E-state index contributed by atoms with van der Waals surface area (Å²) in [5.41, 5.74) is -0.641. The molecule has 4 rings (SSSR count). The first-order valence-corrected chi connectivity index (χ1v) is 15.3. The van der Waals surface area contributed by atoms with Crippen LogP contribution in [0.2, 0.25) is 0 Å². The molecule has 48 heavy (non-hydrogen) atoms. The molecular weight excluding hydrogens is 655 g/mol. The van der Waals surface area contributed by atoms with Gasteiger partial charge < -0.3 is 20.1 Å². The second kappa shape index (κ2) is 14.6. The van der Waals surface area contributed by atoms with Crippen LogP contribution in [0.15, 0.2) is 54.6 Å². The van der Waals surface area contributed by atoms with Gasteiger partial charge in [-0.3, -0.25) is 4.79 Å². The molecule has 0 heterocycles. The van der Waals surface area contributed by atoms with Gasteiger partial charge in [0, 0.05) is 31.0 Å². The van der Waals surface area contributed by atoms with Crippen LogP contribution >= 0.6 is 0 Å². The lowest BCUT2D eigenvalue weighted by Gasteiger charge is -2.33. The van der Waals surface area contributed by atoms with Gasteiger partial charge in [0.05, 0.1) is 17.0 Å². The number of rotatable bonds is 11. The molecule has 0 amide bonds. The van der Waals surface area contributed by atoms with Gasteiger partial charge in [-0.2, -0.15) is 26.3 Å². The molecule has 0 radical (unpaired) electrons. The van der Waals surface area contributed by atoms with Gasteiger partial charge in [0.2, 0.25) is 0 Å². The zero-order valence-electron chi connectivity index (χ0n) is 26.1. The molecule has 0 atom stereocenters. The molecule has 1 aliphatic carbocycles. The number of carboxylic acid groups (broad SMARTS) is 1. The fourth-order valence-corrected chi connectivity index (χ4v) is 6.08. The summed E-state index contributed by atoms with van der Waals surface area (Å²) >= 11 is 0. The van der Waals surface area contributed by atoms with Crippen LogP contribution in [-0.4, -0.2) is 30.5 Å². The number of halogens is 9. The van der Waals surface area contributed by atoms with Crippen LogP contribution in [0.3, 0.4) is 0 Å². The van der Waals surface area contributed by atoms with Gasteiger partial charge in [0.25, 0.3) is 0 Å². The summed E-state index contributed by atoms with van der Waals surface area (Å²) in [5.74, 6) is -1.55. The third-order valence-corrected chi connectivity index (χ3v) is 8.45. The van der Waals surface area contributed by atoms with Crippen molar-refractivity contribution in [3.05, 3.63) is 88.0 Å². The predicted octanol–water partition coefficient (Wildman–Crippen LogP) is 9.85. The van der Waals surface area contributed by atoms with E-state index in [1.165, 1.54) is 18.2 Å². The lowest BCUT2D eigenvalue weighted by Crippen LogP contribution is -2.33. The third kappa shape index (κ3) is 9.96. The van der Waals surface area contributed by atoms with E-state index < -0.39 is 47.5 Å². The highest BCUT2D eigenvalue weighted by Gasteiger charge is 2.37. The molecule has 14 heteroatoms. The van der Waals surface area contributed by atoms with Crippen LogP contribution in [0.4, 0.5) is 50.9 Å². The minimum absolute atomic E-state index is 0.0565. The van der Waals surface area contributed by atoms with Crippen LogP contribution < -0.4 is 15.0 Å². The Hall–Kier alpha value is -4.10. The van der Waals surface area contributed by atoms with Gasteiger partial charge in [0.15, 0.2) is 0 Å². The fourth-order valence-electron chi connectivity index (χ4n) is 6.08. The van der Waals surface area contributed by atoms with Crippen molar-refractivity contribution < 1.29 is 54.2 Å². The van der Waals surface area contributed by atoms with E-state index in [1.54, 1.807) is 25.1 Å². The standard InChI is InChI=1S/C34H35F9N2O3/c1-3-45(19-21-5-7-23(8-6-21)31(46)47)30-11-9-28(48-34(41,42)43)16-25(30)18-44-29-10-4-20(2)12-24(29)13-22-14-26(32(35,36)37)17-27(15-22)33(38,39)40/h4,9-12,14-17,21,23,44H,3,5-8,13,18-19H2,1-2H3,(H,46,47).